The summed E-state index contributed by atoms with van der Waals surface area (Å²) in [7, 11) is 3.27. The molecule has 4 nitrogen and oxygen atoms in total. The van der Waals surface area contributed by atoms with E-state index in [9.17, 15) is 0 Å². The SMILES string of the molecule is COCc1ccc(C(N)c2sccc2OC)o1. The highest BCUT2D eigenvalue weighted by molar-refractivity contribution is 7.10. The summed E-state index contributed by atoms with van der Waals surface area (Å²) in [6, 6.07) is 5.35. The summed E-state index contributed by atoms with van der Waals surface area (Å²) >= 11 is 1.56. The number of furan rings is 1. The summed E-state index contributed by atoms with van der Waals surface area (Å²) in [5.41, 5.74) is 6.14. The second-order valence-electron chi connectivity index (χ2n) is 3.57. The van der Waals surface area contributed by atoms with Crippen molar-refractivity contribution >= 4 is 11.3 Å². The third kappa shape index (κ3) is 2.52. The molecule has 0 amide bonds. The van der Waals surface area contributed by atoms with E-state index in [1.165, 1.54) is 0 Å². The van der Waals surface area contributed by atoms with Gasteiger partial charge in [-0.1, -0.05) is 0 Å². The van der Waals surface area contributed by atoms with E-state index in [-0.39, 0.29) is 6.04 Å². The van der Waals surface area contributed by atoms with Crippen molar-refractivity contribution < 1.29 is 13.9 Å². The van der Waals surface area contributed by atoms with Crippen LogP contribution in [0.3, 0.4) is 0 Å². The molecule has 0 spiro atoms. The Morgan fingerprint density at radius 2 is 2.18 bits per heavy atom. The smallest absolute Gasteiger partial charge is 0.134 e. The molecule has 0 aliphatic carbocycles. The number of thiophene rings is 1. The van der Waals surface area contributed by atoms with Gasteiger partial charge in [-0.25, -0.2) is 0 Å². The molecular weight excluding hydrogens is 238 g/mol. The van der Waals surface area contributed by atoms with Crippen LogP contribution in [0.4, 0.5) is 0 Å². The molecule has 2 aromatic rings. The molecule has 1 atom stereocenters. The Labute approximate surface area is 104 Å². The van der Waals surface area contributed by atoms with Gasteiger partial charge in [0.25, 0.3) is 0 Å². The Morgan fingerprint density at radius 3 is 2.88 bits per heavy atom. The molecule has 0 saturated heterocycles. The lowest BCUT2D eigenvalue weighted by Gasteiger charge is -2.09. The molecule has 92 valence electrons. The van der Waals surface area contributed by atoms with Crippen molar-refractivity contribution in [3.05, 3.63) is 40.0 Å². The van der Waals surface area contributed by atoms with Crippen LogP contribution in [-0.4, -0.2) is 14.2 Å². The summed E-state index contributed by atoms with van der Waals surface area (Å²) in [4.78, 5) is 0.964. The van der Waals surface area contributed by atoms with E-state index in [0.717, 1.165) is 22.1 Å². The third-order valence-corrected chi connectivity index (χ3v) is 3.42. The second kappa shape index (κ2) is 5.35. The summed E-state index contributed by atoms with van der Waals surface area (Å²) < 4.78 is 15.9. The summed E-state index contributed by atoms with van der Waals surface area (Å²) in [5.74, 6) is 2.29. The van der Waals surface area contributed by atoms with Crippen LogP contribution in [-0.2, 0) is 11.3 Å². The molecule has 0 aliphatic heterocycles. The standard InChI is InChI=1S/C12H15NO3S/c1-14-7-8-3-4-9(16-8)11(13)12-10(15-2)5-6-17-12/h3-6,11H,7,13H2,1-2H3. The molecule has 2 heterocycles. The average Bonchev–Trinajstić information content (AvgIpc) is 2.96. The minimum absolute atomic E-state index is 0.296. The lowest BCUT2D eigenvalue weighted by atomic mass is 10.2. The van der Waals surface area contributed by atoms with E-state index in [0.29, 0.717) is 6.61 Å². The van der Waals surface area contributed by atoms with Crippen molar-refractivity contribution in [3.8, 4) is 5.75 Å². The summed E-state index contributed by atoms with van der Waals surface area (Å²) in [6.07, 6.45) is 0. The van der Waals surface area contributed by atoms with Gasteiger partial charge in [0.1, 0.15) is 29.9 Å². The zero-order valence-corrected chi connectivity index (χ0v) is 10.6. The Balaban J connectivity index is 2.21. The first-order chi connectivity index (χ1) is 8.26. The molecule has 0 aliphatic rings. The van der Waals surface area contributed by atoms with Crippen LogP contribution in [0.1, 0.15) is 22.4 Å². The number of hydrogen-bond donors (Lipinski definition) is 1. The fourth-order valence-corrected chi connectivity index (χ4v) is 2.48. The molecule has 17 heavy (non-hydrogen) atoms. The van der Waals surface area contributed by atoms with E-state index in [1.54, 1.807) is 25.6 Å². The quantitative estimate of drug-likeness (QED) is 0.889. The molecule has 0 aromatic carbocycles. The summed E-state index contributed by atoms with van der Waals surface area (Å²) in [5, 5.41) is 1.95. The van der Waals surface area contributed by atoms with Crippen LogP contribution in [0.2, 0.25) is 0 Å². The van der Waals surface area contributed by atoms with Crippen LogP contribution < -0.4 is 10.5 Å². The van der Waals surface area contributed by atoms with Gasteiger partial charge in [-0.05, 0) is 23.6 Å². The lowest BCUT2D eigenvalue weighted by Crippen LogP contribution is -2.10. The molecule has 0 fully saturated rings. The van der Waals surface area contributed by atoms with E-state index < -0.39 is 0 Å². The van der Waals surface area contributed by atoms with E-state index in [2.05, 4.69) is 0 Å². The zero-order valence-electron chi connectivity index (χ0n) is 9.80. The van der Waals surface area contributed by atoms with Crippen LogP contribution in [0.5, 0.6) is 5.75 Å². The fourth-order valence-electron chi connectivity index (χ4n) is 1.62. The fraction of sp³-hybridized carbons (Fsp3) is 0.333. The van der Waals surface area contributed by atoms with Gasteiger partial charge in [-0.15, -0.1) is 11.3 Å². The Bertz CT molecular complexity index is 478. The van der Waals surface area contributed by atoms with Gasteiger partial charge in [-0.3, -0.25) is 0 Å². The average molecular weight is 253 g/mol. The van der Waals surface area contributed by atoms with Gasteiger partial charge in [0.2, 0.25) is 0 Å². The van der Waals surface area contributed by atoms with E-state index >= 15 is 0 Å². The first-order valence-electron chi connectivity index (χ1n) is 5.20. The molecule has 2 N–H and O–H groups in total. The van der Waals surface area contributed by atoms with Crippen molar-refractivity contribution in [2.24, 2.45) is 5.73 Å². The number of nitrogens with two attached hydrogens (primary N) is 1. The van der Waals surface area contributed by atoms with Gasteiger partial charge >= 0.3 is 0 Å². The maximum absolute atomic E-state index is 6.14. The predicted octanol–water partition coefficient (Wildman–Crippen LogP) is 2.54. The highest BCUT2D eigenvalue weighted by Crippen LogP contribution is 2.33. The molecule has 2 aromatic heterocycles. The van der Waals surface area contributed by atoms with Gasteiger partial charge in [-0.2, -0.15) is 0 Å². The Kier molecular flexibility index (Phi) is 3.83. The number of hydrogen-bond acceptors (Lipinski definition) is 5. The van der Waals surface area contributed by atoms with E-state index in [1.807, 2.05) is 23.6 Å². The molecule has 2 rings (SSSR count). The maximum atomic E-state index is 6.14. The second-order valence-corrected chi connectivity index (χ2v) is 4.52. The maximum Gasteiger partial charge on any atom is 0.134 e. The minimum atomic E-state index is -0.296. The number of rotatable bonds is 5. The number of ether oxygens (including phenoxy) is 2. The van der Waals surface area contributed by atoms with Crippen molar-refractivity contribution in [2.75, 3.05) is 14.2 Å². The monoisotopic (exact) mass is 253 g/mol. The largest absolute Gasteiger partial charge is 0.496 e. The summed E-state index contributed by atoms with van der Waals surface area (Å²) in [6.45, 7) is 0.453. The number of methoxy groups -OCH3 is 2. The van der Waals surface area contributed by atoms with Gasteiger partial charge in [0, 0.05) is 7.11 Å². The van der Waals surface area contributed by atoms with Crippen LogP contribution in [0.15, 0.2) is 28.0 Å². The lowest BCUT2D eigenvalue weighted by molar-refractivity contribution is 0.162. The van der Waals surface area contributed by atoms with E-state index in [4.69, 9.17) is 19.6 Å². The topological polar surface area (TPSA) is 57.6 Å². The molecule has 5 heteroatoms. The minimum Gasteiger partial charge on any atom is -0.496 e. The molecule has 0 radical (unpaired) electrons. The van der Waals surface area contributed by atoms with Crippen LogP contribution >= 0.6 is 11.3 Å². The zero-order chi connectivity index (χ0) is 12.3. The highest BCUT2D eigenvalue weighted by atomic mass is 32.1. The molecule has 0 bridgehead atoms. The first-order valence-corrected chi connectivity index (χ1v) is 6.08. The van der Waals surface area contributed by atoms with Crippen molar-refractivity contribution in [3.63, 3.8) is 0 Å². The Morgan fingerprint density at radius 1 is 1.35 bits per heavy atom. The molecular formula is C12H15NO3S. The molecule has 1 unspecified atom stereocenters. The van der Waals surface area contributed by atoms with Gasteiger partial charge < -0.3 is 19.6 Å². The first kappa shape index (κ1) is 12.2. The van der Waals surface area contributed by atoms with Crippen LogP contribution in [0, 0.1) is 0 Å². The van der Waals surface area contributed by atoms with Crippen molar-refractivity contribution in [2.45, 2.75) is 12.6 Å². The molecule has 0 saturated carbocycles. The van der Waals surface area contributed by atoms with Gasteiger partial charge in [0.05, 0.1) is 12.0 Å². The predicted molar refractivity (Wildman–Crippen MR) is 66.3 cm³/mol. The normalized spacial score (nSPS) is 12.6. The van der Waals surface area contributed by atoms with Crippen molar-refractivity contribution in [1.29, 1.82) is 0 Å². The Hall–Kier alpha value is -1.30. The van der Waals surface area contributed by atoms with Gasteiger partial charge in [0.15, 0.2) is 0 Å². The third-order valence-electron chi connectivity index (χ3n) is 2.44. The highest BCUT2D eigenvalue weighted by Gasteiger charge is 2.18. The van der Waals surface area contributed by atoms with Crippen molar-refractivity contribution in [1.82, 2.24) is 0 Å². The van der Waals surface area contributed by atoms with Crippen LogP contribution in [0.25, 0.3) is 0 Å².